The van der Waals surface area contributed by atoms with Crippen LogP contribution in [-0.4, -0.2) is 37.9 Å². The molecule has 0 aromatic rings. The fraction of sp³-hybridized carbons (Fsp3) is 0.833. The standard InChI is InChI=1S/C12H20O5/c1-4-15-9-7-8-12(9,10(13)16-5-2)11(14)17-6-3/h9H,4-8H2,1-3H3. The lowest BCUT2D eigenvalue weighted by molar-refractivity contribution is -0.199. The van der Waals surface area contributed by atoms with E-state index in [4.69, 9.17) is 14.2 Å². The van der Waals surface area contributed by atoms with E-state index in [0.717, 1.165) is 0 Å². The Labute approximate surface area is 101 Å². The minimum absolute atomic E-state index is 0.249. The third kappa shape index (κ3) is 2.44. The normalized spacial score (nSPS) is 21.5. The van der Waals surface area contributed by atoms with Crippen LogP contribution in [0.15, 0.2) is 0 Å². The molecule has 0 heterocycles. The van der Waals surface area contributed by atoms with Crippen molar-refractivity contribution >= 4 is 11.9 Å². The maximum absolute atomic E-state index is 11.9. The van der Waals surface area contributed by atoms with Crippen LogP contribution in [0.4, 0.5) is 0 Å². The molecule has 1 aliphatic carbocycles. The van der Waals surface area contributed by atoms with Crippen LogP contribution in [0.3, 0.4) is 0 Å². The number of rotatable bonds is 6. The number of ether oxygens (including phenoxy) is 3. The first kappa shape index (κ1) is 14.0. The van der Waals surface area contributed by atoms with Crippen LogP contribution in [0.25, 0.3) is 0 Å². The zero-order valence-electron chi connectivity index (χ0n) is 10.7. The van der Waals surface area contributed by atoms with Gasteiger partial charge >= 0.3 is 11.9 Å². The van der Waals surface area contributed by atoms with Crippen LogP contribution in [0, 0.1) is 5.41 Å². The zero-order chi connectivity index (χ0) is 12.9. The quantitative estimate of drug-likeness (QED) is 0.520. The first-order chi connectivity index (χ1) is 8.13. The van der Waals surface area contributed by atoms with Gasteiger partial charge in [0.15, 0.2) is 5.41 Å². The molecule has 0 aromatic carbocycles. The second-order valence-electron chi connectivity index (χ2n) is 3.89. The summed E-state index contributed by atoms with van der Waals surface area (Å²) < 4.78 is 15.4. The highest BCUT2D eigenvalue weighted by Gasteiger charge is 2.61. The van der Waals surface area contributed by atoms with Crippen molar-refractivity contribution in [3.05, 3.63) is 0 Å². The molecule has 0 bridgehead atoms. The minimum atomic E-state index is -1.23. The van der Waals surface area contributed by atoms with E-state index in [9.17, 15) is 9.59 Å². The summed E-state index contributed by atoms with van der Waals surface area (Å²) in [5.41, 5.74) is -1.23. The molecule has 1 saturated carbocycles. The van der Waals surface area contributed by atoms with Gasteiger partial charge in [0.2, 0.25) is 0 Å². The molecule has 0 radical (unpaired) electrons. The first-order valence-corrected chi connectivity index (χ1v) is 6.09. The fourth-order valence-corrected chi connectivity index (χ4v) is 2.05. The molecule has 1 fully saturated rings. The van der Waals surface area contributed by atoms with Gasteiger partial charge in [-0.15, -0.1) is 0 Å². The smallest absolute Gasteiger partial charge is 0.326 e. The van der Waals surface area contributed by atoms with Crippen LogP contribution in [-0.2, 0) is 23.8 Å². The van der Waals surface area contributed by atoms with Crippen LogP contribution in [0.2, 0.25) is 0 Å². The number of carbonyl (C=O) groups is 2. The second-order valence-corrected chi connectivity index (χ2v) is 3.89. The summed E-state index contributed by atoms with van der Waals surface area (Å²) in [7, 11) is 0. The third-order valence-electron chi connectivity index (χ3n) is 3.00. The number of esters is 2. The number of carbonyl (C=O) groups excluding carboxylic acids is 2. The largest absolute Gasteiger partial charge is 0.465 e. The molecule has 1 rings (SSSR count). The Balaban J connectivity index is 2.85. The van der Waals surface area contributed by atoms with Crippen molar-refractivity contribution in [2.45, 2.75) is 39.7 Å². The molecular weight excluding hydrogens is 224 g/mol. The van der Waals surface area contributed by atoms with Crippen molar-refractivity contribution in [1.82, 2.24) is 0 Å². The summed E-state index contributed by atoms with van der Waals surface area (Å²) in [4.78, 5) is 23.9. The monoisotopic (exact) mass is 244 g/mol. The highest BCUT2D eigenvalue weighted by atomic mass is 16.6. The molecule has 1 unspecified atom stereocenters. The van der Waals surface area contributed by atoms with Crippen molar-refractivity contribution in [3.8, 4) is 0 Å². The molecule has 1 aliphatic rings. The molecule has 0 amide bonds. The summed E-state index contributed by atoms with van der Waals surface area (Å²) >= 11 is 0. The lowest BCUT2D eigenvalue weighted by atomic mass is 9.65. The Morgan fingerprint density at radius 1 is 1.06 bits per heavy atom. The van der Waals surface area contributed by atoms with E-state index in [2.05, 4.69) is 0 Å². The summed E-state index contributed by atoms with van der Waals surface area (Å²) in [6.45, 7) is 6.22. The molecule has 5 heteroatoms. The molecular formula is C12H20O5. The van der Waals surface area contributed by atoms with Crippen LogP contribution < -0.4 is 0 Å². The van der Waals surface area contributed by atoms with Crippen LogP contribution in [0.1, 0.15) is 33.6 Å². The zero-order valence-corrected chi connectivity index (χ0v) is 10.7. The molecule has 98 valence electrons. The topological polar surface area (TPSA) is 61.8 Å². The number of hydrogen-bond donors (Lipinski definition) is 0. The molecule has 1 atom stereocenters. The van der Waals surface area contributed by atoms with Gasteiger partial charge in [0.1, 0.15) is 0 Å². The molecule has 17 heavy (non-hydrogen) atoms. The van der Waals surface area contributed by atoms with E-state index in [-0.39, 0.29) is 13.2 Å². The molecule has 0 spiro atoms. The Hall–Kier alpha value is -1.10. The predicted molar refractivity (Wildman–Crippen MR) is 60.3 cm³/mol. The van der Waals surface area contributed by atoms with Crippen molar-refractivity contribution in [3.63, 3.8) is 0 Å². The van der Waals surface area contributed by atoms with E-state index in [1.54, 1.807) is 13.8 Å². The van der Waals surface area contributed by atoms with Crippen LogP contribution >= 0.6 is 0 Å². The van der Waals surface area contributed by atoms with E-state index in [1.807, 2.05) is 6.92 Å². The molecule has 5 nitrogen and oxygen atoms in total. The Morgan fingerprint density at radius 2 is 1.59 bits per heavy atom. The molecule has 0 N–H and O–H groups in total. The highest BCUT2D eigenvalue weighted by molar-refractivity contribution is 6.02. The first-order valence-electron chi connectivity index (χ1n) is 6.09. The summed E-state index contributed by atoms with van der Waals surface area (Å²) in [5.74, 6) is -1.05. The number of hydrogen-bond acceptors (Lipinski definition) is 5. The van der Waals surface area contributed by atoms with Gasteiger partial charge in [0, 0.05) is 6.61 Å². The van der Waals surface area contributed by atoms with E-state index < -0.39 is 23.5 Å². The summed E-state index contributed by atoms with van der Waals surface area (Å²) in [6, 6.07) is 0. The van der Waals surface area contributed by atoms with Gasteiger partial charge in [-0.2, -0.15) is 0 Å². The molecule has 0 saturated heterocycles. The van der Waals surface area contributed by atoms with Gasteiger partial charge in [0.05, 0.1) is 19.3 Å². The summed E-state index contributed by atoms with van der Waals surface area (Å²) in [6.07, 6.45) is 0.714. The maximum atomic E-state index is 11.9. The van der Waals surface area contributed by atoms with Crippen molar-refractivity contribution in [2.24, 2.45) is 5.41 Å². The van der Waals surface area contributed by atoms with Crippen molar-refractivity contribution in [2.75, 3.05) is 19.8 Å². The Morgan fingerprint density at radius 3 is 1.88 bits per heavy atom. The minimum Gasteiger partial charge on any atom is -0.465 e. The molecule has 0 aliphatic heterocycles. The van der Waals surface area contributed by atoms with Crippen molar-refractivity contribution in [1.29, 1.82) is 0 Å². The van der Waals surface area contributed by atoms with Gasteiger partial charge in [-0.3, -0.25) is 9.59 Å². The van der Waals surface area contributed by atoms with Gasteiger partial charge in [0.25, 0.3) is 0 Å². The SMILES string of the molecule is CCOC(=O)C1(C(=O)OCC)CCC1OCC. The molecule has 0 aromatic heterocycles. The lowest BCUT2D eigenvalue weighted by Crippen LogP contribution is -2.58. The maximum Gasteiger partial charge on any atom is 0.326 e. The summed E-state index contributed by atoms with van der Waals surface area (Å²) in [5, 5.41) is 0. The average molecular weight is 244 g/mol. The Kier molecular flexibility index (Phi) is 4.93. The average Bonchev–Trinajstić information content (AvgIpc) is 2.26. The lowest BCUT2D eigenvalue weighted by Gasteiger charge is -2.43. The third-order valence-corrected chi connectivity index (χ3v) is 3.00. The van der Waals surface area contributed by atoms with Gasteiger partial charge in [-0.1, -0.05) is 0 Å². The van der Waals surface area contributed by atoms with Gasteiger partial charge in [-0.25, -0.2) is 0 Å². The second kappa shape index (κ2) is 6.00. The van der Waals surface area contributed by atoms with E-state index in [1.165, 1.54) is 0 Å². The van der Waals surface area contributed by atoms with Crippen molar-refractivity contribution < 1.29 is 23.8 Å². The predicted octanol–water partition coefficient (Wildman–Crippen LogP) is 1.30. The van der Waals surface area contributed by atoms with Gasteiger partial charge < -0.3 is 14.2 Å². The van der Waals surface area contributed by atoms with E-state index >= 15 is 0 Å². The van der Waals surface area contributed by atoms with Gasteiger partial charge in [-0.05, 0) is 33.6 Å². The highest BCUT2D eigenvalue weighted by Crippen LogP contribution is 2.45. The van der Waals surface area contributed by atoms with E-state index in [0.29, 0.717) is 19.4 Å². The Bertz CT molecular complexity index is 269. The fourth-order valence-electron chi connectivity index (χ4n) is 2.05. The van der Waals surface area contributed by atoms with Crippen LogP contribution in [0.5, 0.6) is 0 Å².